The van der Waals surface area contributed by atoms with E-state index in [9.17, 15) is 14.4 Å². The van der Waals surface area contributed by atoms with Crippen LogP contribution in [-0.4, -0.2) is 63.9 Å². The van der Waals surface area contributed by atoms with Gasteiger partial charge < -0.3 is 19.8 Å². The fourth-order valence-electron chi connectivity index (χ4n) is 5.95. The number of carbonyl (C=O) groups is 3. The number of hydrogen-bond donors (Lipinski definition) is 3. The van der Waals surface area contributed by atoms with Gasteiger partial charge >= 0.3 is 17.9 Å². The molecule has 0 atom stereocenters. The number of quaternary nitrogens is 1. The molecular formula is C35H66NO6+. The summed E-state index contributed by atoms with van der Waals surface area (Å²) >= 11 is 0. The van der Waals surface area contributed by atoms with Crippen LogP contribution in [0, 0.1) is 0 Å². The van der Waals surface area contributed by atoms with Gasteiger partial charge in [-0.1, -0.05) is 103 Å². The number of carboxylic acid groups (broad SMARTS) is 3. The van der Waals surface area contributed by atoms with Gasteiger partial charge in [0.2, 0.25) is 0 Å². The Labute approximate surface area is 257 Å². The minimum absolute atomic E-state index is 0.0868. The lowest BCUT2D eigenvalue weighted by Crippen LogP contribution is -2.51. The molecule has 0 fully saturated rings. The molecular weight excluding hydrogens is 530 g/mol. The second-order valence-corrected chi connectivity index (χ2v) is 12.4. The Morgan fingerprint density at radius 1 is 0.429 bits per heavy atom. The van der Waals surface area contributed by atoms with Gasteiger partial charge in [-0.2, -0.15) is 0 Å². The molecule has 0 saturated heterocycles. The van der Waals surface area contributed by atoms with Gasteiger partial charge in [0.1, 0.15) is 0 Å². The molecule has 0 aromatic rings. The zero-order valence-electron chi connectivity index (χ0n) is 27.2. The Balaban J connectivity index is 4.08. The van der Waals surface area contributed by atoms with Crippen LogP contribution in [-0.2, 0) is 14.4 Å². The first-order valence-corrected chi connectivity index (χ1v) is 17.5. The molecule has 0 aliphatic heterocycles. The second kappa shape index (κ2) is 29.2. The summed E-state index contributed by atoms with van der Waals surface area (Å²) in [6.07, 6.45) is 31.2. The third-order valence-electron chi connectivity index (χ3n) is 8.46. The van der Waals surface area contributed by atoms with Crippen LogP contribution in [0.2, 0.25) is 0 Å². The van der Waals surface area contributed by atoms with Gasteiger partial charge in [0.25, 0.3) is 0 Å². The van der Waals surface area contributed by atoms with Crippen molar-refractivity contribution in [3.8, 4) is 0 Å². The maximum Gasteiger partial charge on any atom is 0.303 e. The molecule has 3 N–H and O–H groups in total. The van der Waals surface area contributed by atoms with Crippen molar-refractivity contribution in [1.29, 1.82) is 0 Å². The van der Waals surface area contributed by atoms with Crippen molar-refractivity contribution in [2.75, 3.05) is 26.2 Å². The Bertz CT molecular complexity index is 643. The minimum Gasteiger partial charge on any atom is -0.481 e. The highest BCUT2D eigenvalue weighted by molar-refractivity contribution is 5.67. The maximum atomic E-state index is 11.1. The molecule has 0 unspecified atom stereocenters. The van der Waals surface area contributed by atoms with Crippen molar-refractivity contribution in [3.63, 3.8) is 0 Å². The fourth-order valence-corrected chi connectivity index (χ4v) is 5.95. The molecule has 0 aromatic carbocycles. The quantitative estimate of drug-likeness (QED) is 0.0395. The number of aliphatic carboxylic acids is 3. The first kappa shape index (κ1) is 40.1. The molecule has 0 saturated carbocycles. The predicted molar refractivity (Wildman–Crippen MR) is 173 cm³/mol. The monoisotopic (exact) mass is 596 g/mol. The summed E-state index contributed by atoms with van der Waals surface area (Å²) in [4.78, 5) is 33.2. The molecule has 0 aliphatic rings. The molecule has 0 heterocycles. The van der Waals surface area contributed by atoms with E-state index >= 15 is 0 Å². The van der Waals surface area contributed by atoms with Crippen LogP contribution in [0.5, 0.6) is 0 Å². The third kappa shape index (κ3) is 28.2. The van der Waals surface area contributed by atoms with Crippen molar-refractivity contribution >= 4 is 17.9 Å². The number of carboxylic acids is 3. The topological polar surface area (TPSA) is 112 Å². The van der Waals surface area contributed by atoms with E-state index in [0.717, 1.165) is 38.6 Å². The molecule has 0 aromatic heterocycles. The molecule has 0 radical (unpaired) electrons. The average Bonchev–Trinajstić information content (AvgIpc) is 2.93. The van der Waals surface area contributed by atoms with Crippen LogP contribution in [0.15, 0.2) is 12.2 Å². The fraction of sp³-hybridized carbons (Fsp3) is 0.857. The van der Waals surface area contributed by atoms with Gasteiger partial charge in [-0.05, 0) is 38.5 Å². The smallest absolute Gasteiger partial charge is 0.303 e. The van der Waals surface area contributed by atoms with Crippen LogP contribution >= 0.6 is 0 Å². The van der Waals surface area contributed by atoms with Gasteiger partial charge in [-0.15, -0.1) is 0 Å². The van der Waals surface area contributed by atoms with Gasteiger partial charge in [-0.25, -0.2) is 0 Å². The molecule has 0 spiro atoms. The zero-order chi connectivity index (χ0) is 31.2. The summed E-state index contributed by atoms with van der Waals surface area (Å²) in [7, 11) is 0. The van der Waals surface area contributed by atoms with Crippen molar-refractivity contribution in [1.82, 2.24) is 0 Å². The van der Waals surface area contributed by atoms with E-state index in [1.54, 1.807) is 0 Å². The molecule has 0 aliphatic carbocycles. The summed E-state index contributed by atoms with van der Waals surface area (Å²) in [6, 6.07) is 0. The summed E-state index contributed by atoms with van der Waals surface area (Å²) in [5.41, 5.74) is 0. The van der Waals surface area contributed by atoms with Crippen LogP contribution in [0.1, 0.15) is 167 Å². The maximum absolute atomic E-state index is 11.1. The number of hydrogen-bond acceptors (Lipinski definition) is 3. The van der Waals surface area contributed by atoms with Crippen molar-refractivity contribution < 1.29 is 34.2 Å². The Kier molecular flexibility index (Phi) is 27.9. The lowest BCUT2D eigenvalue weighted by molar-refractivity contribution is -0.929. The van der Waals surface area contributed by atoms with Crippen molar-refractivity contribution in [2.24, 2.45) is 0 Å². The average molecular weight is 597 g/mol. The summed E-state index contributed by atoms with van der Waals surface area (Å²) in [5, 5.41) is 27.3. The Morgan fingerprint density at radius 3 is 1.05 bits per heavy atom. The Morgan fingerprint density at radius 2 is 0.714 bits per heavy atom. The van der Waals surface area contributed by atoms with Gasteiger partial charge in [0, 0.05) is 19.3 Å². The second-order valence-electron chi connectivity index (χ2n) is 12.4. The lowest BCUT2D eigenvalue weighted by Gasteiger charge is -2.39. The standard InChI is InChI=1S/C35H65NO6/c1-2-3-4-5-6-7-8-9-10-11-12-13-14-15-16-17-18-19-20-21-22-29-36(30-23-26-33(37)38,31-24-27-34(39)40)32-25-28-35(41)42/h16-17H,2-15,18-32H2,1H3,(H2-,37,38,39,40,41,42)/p+1/b17-16+. The highest BCUT2D eigenvalue weighted by Crippen LogP contribution is 2.18. The minimum atomic E-state index is -0.827. The van der Waals surface area contributed by atoms with Crippen LogP contribution in [0.4, 0.5) is 0 Å². The van der Waals surface area contributed by atoms with E-state index in [1.807, 2.05) is 0 Å². The summed E-state index contributed by atoms with van der Waals surface area (Å²) in [6.45, 7) is 5.11. The SMILES string of the molecule is CCCCCCCCCCCCCCC/C=C/CCCCCC[N+](CCCC(=O)O)(CCCC(=O)O)CCCC(=O)O. The number of rotatable bonds is 33. The Hall–Kier alpha value is -1.89. The molecule has 0 bridgehead atoms. The highest BCUT2D eigenvalue weighted by Gasteiger charge is 2.27. The molecule has 0 amide bonds. The van der Waals surface area contributed by atoms with E-state index in [0.29, 0.717) is 43.4 Å². The van der Waals surface area contributed by atoms with Gasteiger partial charge in [0.05, 0.1) is 45.4 Å². The largest absolute Gasteiger partial charge is 0.481 e. The first-order valence-electron chi connectivity index (χ1n) is 17.5. The molecule has 0 rings (SSSR count). The van der Waals surface area contributed by atoms with Crippen molar-refractivity contribution in [3.05, 3.63) is 12.2 Å². The number of allylic oxidation sites excluding steroid dienone is 2. The van der Waals surface area contributed by atoms with E-state index < -0.39 is 17.9 Å². The number of unbranched alkanes of at least 4 members (excludes halogenated alkanes) is 17. The lowest BCUT2D eigenvalue weighted by atomic mass is 10.0. The van der Waals surface area contributed by atoms with Gasteiger partial charge in [-0.3, -0.25) is 14.4 Å². The zero-order valence-corrected chi connectivity index (χ0v) is 27.2. The van der Waals surface area contributed by atoms with Gasteiger partial charge in [0.15, 0.2) is 0 Å². The summed E-state index contributed by atoms with van der Waals surface area (Å²) < 4.78 is 0.632. The van der Waals surface area contributed by atoms with Crippen LogP contribution in [0.25, 0.3) is 0 Å². The van der Waals surface area contributed by atoms with E-state index in [-0.39, 0.29) is 19.3 Å². The van der Waals surface area contributed by atoms with E-state index in [1.165, 1.54) is 89.9 Å². The predicted octanol–water partition coefficient (Wildman–Crippen LogP) is 9.39. The highest BCUT2D eigenvalue weighted by atomic mass is 16.4. The van der Waals surface area contributed by atoms with E-state index in [2.05, 4.69) is 19.1 Å². The number of nitrogens with zero attached hydrogens (tertiary/aromatic N) is 1. The van der Waals surface area contributed by atoms with Crippen molar-refractivity contribution in [2.45, 2.75) is 167 Å². The van der Waals surface area contributed by atoms with E-state index in [4.69, 9.17) is 15.3 Å². The molecule has 246 valence electrons. The summed E-state index contributed by atoms with van der Waals surface area (Å²) in [5.74, 6) is -2.48. The molecule has 7 nitrogen and oxygen atoms in total. The van der Waals surface area contributed by atoms with Crippen LogP contribution in [0.3, 0.4) is 0 Å². The molecule has 7 heteroatoms. The third-order valence-corrected chi connectivity index (χ3v) is 8.46. The normalized spacial score (nSPS) is 11.8. The molecule has 42 heavy (non-hydrogen) atoms. The first-order chi connectivity index (χ1) is 20.3. The van der Waals surface area contributed by atoms with Crippen LogP contribution < -0.4 is 0 Å².